The second kappa shape index (κ2) is 18.2. The van der Waals surface area contributed by atoms with Crippen molar-refractivity contribution in [2.24, 2.45) is 5.92 Å². The van der Waals surface area contributed by atoms with Crippen LogP contribution in [-0.4, -0.2) is 117 Å². The van der Waals surface area contributed by atoms with Gasteiger partial charge in [-0.15, -0.1) is 0 Å². The van der Waals surface area contributed by atoms with Crippen LogP contribution in [0.4, 0.5) is 0 Å². The molecule has 2 saturated carbocycles. The summed E-state index contributed by atoms with van der Waals surface area (Å²) in [5, 5.41) is 76.0. The molecule has 0 radical (unpaired) electrons. The summed E-state index contributed by atoms with van der Waals surface area (Å²) < 4.78 is 28.4. The van der Waals surface area contributed by atoms with Gasteiger partial charge in [-0.3, -0.25) is 0 Å². The number of aliphatic hydroxyl groups is 5. The van der Waals surface area contributed by atoms with Crippen LogP contribution >= 0.6 is 0 Å². The summed E-state index contributed by atoms with van der Waals surface area (Å²) in [6.07, 6.45) is -11.8. The fraction of sp³-hybridized carbons (Fsp3) is 0.926. The van der Waals surface area contributed by atoms with Gasteiger partial charge >= 0.3 is 59.1 Å². The molecule has 0 amide bonds. The first kappa shape index (κ1) is 39.7. The third-order valence-corrected chi connectivity index (χ3v) is 8.70. The van der Waals surface area contributed by atoms with Crippen molar-refractivity contribution in [3.05, 3.63) is 0 Å². The second-order valence-corrected chi connectivity index (χ2v) is 11.7. The van der Waals surface area contributed by atoms with Gasteiger partial charge in [-0.05, 0) is 32.1 Å². The van der Waals surface area contributed by atoms with Crippen LogP contribution in [0.2, 0.25) is 0 Å². The molecule has 2 saturated heterocycles. The summed E-state index contributed by atoms with van der Waals surface area (Å²) in [6, 6.07) is 0. The summed E-state index contributed by atoms with van der Waals surface area (Å²) >= 11 is 0. The smallest absolute Gasteiger partial charge is 0.547 e. The Morgan fingerprint density at radius 2 is 1.28 bits per heavy atom. The summed E-state index contributed by atoms with van der Waals surface area (Å²) in [5.41, 5.74) is 0. The van der Waals surface area contributed by atoms with Gasteiger partial charge in [-0.25, -0.2) is 0 Å². The van der Waals surface area contributed by atoms with Gasteiger partial charge in [-0.2, -0.15) is 0 Å². The Kier molecular flexibility index (Phi) is 16.8. The predicted molar refractivity (Wildman–Crippen MR) is 131 cm³/mol. The molecule has 236 valence electrons. The standard InChI is InChI=1S/C27H44O14.2Na/c1-12-17(28)18(29)19(30)26(37-12)39-14-9-5-6-10-15(14)40-27-21(32)22(20(31)23(41-27)25(35)36)38-16(24(33)34)11-13-7-3-2-4-8-13;;/h12-23,26-32H,2-11H2,1H3,(H,33,34)(H,35,36);;/q;2*+1/p-2. The van der Waals surface area contributed by atoms with Crippen molar-refractivity contribution in [2.45, 2.75) is 151 Å². The third-order valence-electron chi connectivity index (χ3n) is 8.70. The van der Waals surface area contributed by atoms with Crippen molar-refractivity contribution in [3.8, 4) is 0 Å². The molecular formula is C27H42Na2O14. The van der Waals surface area contributed by atoms with Crippen molar-refractivity contribution in [1.29, 1.82) is 0 Å². The van der Waals surface area contributed by atoms with Crippen LogP contribution in [0.5, 0.6) is 0 Å². The third kappa shape index (κ3) is 10.0. The summed E-state index contributed by atoms with van der Waals surface area (Å²) in [7, 11) is 0. The first-order valence-electron chi connectivity index (χ1n) is 14.6. The van der Waals surface area contributed by atoms with E-state index in [0.29, 0.717) is 25.7 Å². The number of hydrogen-bond donors (Lipinski definition) is 5. The molecular weight excluding hydrogens is 594 g/mol. The van der Waals surface area contributed by atoms with Gasteiger partial charge in [0.15, 0.2) is 12.6 Å². The maximum absolute atomic E-state index is 11.9. The van der Waals surface area contributed by atoms with Crippen LogP contribution in [0.3, 0.4) is 0 Å². The molecule has 4 aliphatic rings. The van der Waals surface area contributed by atoms with E-state index in [1.165, 1.54) is 6.92 Å². The molecule has 0 aromatic carbocycles. The van der Waals surface area contributed by atoms with E-state index in [-0.39, 0.29) is 71.5 Å². The molecule has 16 heteroatoms. The number of carbonyl (C=O) groups excluding carboxylic acids is 2. The van der Waals surface area contributed by atoms with Gasteiger partial charge in [0.1, 0.15) is 42.7 Å². The van der Waals surface area contributed by atoms with E-state index < -0.39 is 91.7 Å². The van der Waals surface area contributed by atoms with E-state index in [4.69, 9.17) is 23.7 Å². The first-order chi connectivity index (χ1) is 19.5. The summed E-state index contributed by atoms with van der Waals surface area (Å²) in [4.78, 5) is 23.7. The Bertz CT molecular complexity index is 879. The number of carbonyl (C=O) groups is 2. The van der Waals surface area contributed by atoms with Crippen molar-refractivity contribution >= 4 is 11.9 Å². The number of rotatable bonds is 10. The molecule has 14 nitrogen and oxygen atoms in total. The topological polar surface area (TPSA) is 228 Å². The summed E-state index contributed by atoms with van der Waals surface area (Å²) in [6.45, 7) is 1.51. The zero-order valence-corrected chi connectivity index (χ0v) is 29.1. The minimum atomic E-state index is -1.99. The molecule has 43 heavy (non-hydrogen) atoms. The van der Waals surface area contributed by atoms with Crippen LogP contribution in [0.1, 0.15) is 71.1 Å². The Balaban J connectivity index is 0.00000323. The van der Waals surface area contributed by atoms with Crippen molar-refractivity contribution in [1.82, 2.24) is 0 Å². The van der Waals surface area contributed by atoms with E-state index >= 15 is 0 Å². The molecule has 4 rings (SSSR count). The van der Waals surface area contributed by atoms with Gasteiger partial charge < -0.3 is 69.0 Å². The Labute approximate surface area is 294 Å². The zero-order chi connectivity index (χ0) is 29.8. The molecule has 13 atom stereocenters. The van der Waals surface area contributed by atoms with E-state index in [1.54, 1.807) is 0 Å². The number of ether oxygens (including phenoxy) is 5. The van der Waals surface area contributed by atoms with Crippen LogP contribution in [0, 0.1) is 5.92 Å². The molecule has 0 aromatic rings. The minimum absolute atomic E-state index is 0. The van der Waals surface area contributed by atoms with Gasteiger partial charge in [0.2, 0.25) is 0 Å². The predicted octanol–water partition coefficient (Wildman–Crippen LogP) is -9.16. The normalized spacial score (nSPS) is 41.3. The molecule has 0 bridgehead atoms. The average Bonchev–Trinajstić information content (AvgIpc) is 2.94. The number of hydrogen-bond acceptors (Lipinski definition) is 14. The van der Waals surface area contributed by atoms with Crippen LogP contribution in [-0.2, 0) is 33.3 Å². The van der Waals surface area contributed by atoms with Gasteiger partial charge in [0.25, 0.3) is 0 Å². The van der Waals surface area contributed by atoms with Crippen molar-refractivity contribution in [3.63, 3.8) is 0 Å². The first-order valence-corrected chi connectivity index (χ1v) is 14.6. The van der Waals surface area contributed by atoms with Crippen molar-refractivity contribution in [2.75, 3.05) is 0 Å². The van der Waals surface area contributed by atoms with Crippen LogP contribution in [0.25, 0.3) is 0 Å². The van der Waals surface area contributed by atoms with E-state index in [2.05, 4.69) is 0 Å². The van der Waals surface area contributed by atoms with Gasteiger partial charge in [0.05, 0.1) is 36.4 Å². The van der Waals surface area contributed by atoms with E-state index in [1.807, 2.05) is 0 Å². The molecule has 0 spiro atoms. The molecule has 4 fully saturated rings. The molecule has 5 N–H and O–H groups in total. The Morgan fingerprint density at radius 1 is 0.744 bits per heavy atom. The molecule has 2 aliphatic carbocycles. The minimum Gasteiger partial charge on any atom is -0.547 e. The van der Waals surface area contributed by atoms with Crippen LogP contribution in [0.15, 0.2) is 0 Å². The molecule has 2 heterocycles. The SMILES string of the molecule is CC1OC(OC2CCCCC2OC2OC(C(=O)[O-])C(O)C(OC(CC3CCCCC3)C(=O)[O-])C2O)C(O)C(O)C1O.[Na+].[Na+]. The zero-order valence-electron chi connectivity index (χ0n) is 25.1. The quantitative estimate of drug-likeness (QED) is 0.140. The molecule has 13 unspecified atom stereocenters. The van der Waals surface area contributed by atoms with Gasteiger partial charge in [0, 0.05) is 0 Å². The maximum atomic E-state index is 11.9. The van der Waals surface area contributed by atoms with Crippen LogP contribution < -0.4 is 69.3 Å². The average molecular weight is 637 g/mol. The number of carboxylic acids is 2. The van der Waals surface area contributed by atoms with Crippen molar-refractivity contribution < 1.29 is 128 Å². The largest absolute Gasteiger partial charge is 1.00 e. The summed E-state index contributed by atoms with van der Waals surface area (Å²) in [5.74, 6) is -3.30. The monoisotopic (exact) mass is 636 g/mol. The fourth-order valence-electron chi connectivity index (χ4n) is 6.27. The Morgan fingerprint density at radius 3 is 1.81 bits per heavy atom. The molecule has 2 aliphatic heterocycles. The molecule has 0 aromatic heterocycles. The number of aliphatic carboxylic acids is 2. The number of carboxylic acid groups (broad SMARTS) is 2. The Hall–Kier alpha value is 0.540. The maximum Gasteiger partial charge on any atom is 1.00 e. The van der Waals surface area contributed by atoms with E-state index in [0.717, 1.165) is 32.1 Å². The number of aliphatic hydroxyl groups excluding tert-OH is 5. The van der Waals surface area contributed by atoms with Gasteiger partial charge in [-0.1, -0.05) is 44.9 Å². The van der Waals surface area contributed by atoms with E-state index in [9.17, 15) is 45.3 Å². The fourth-order valence-corrected chi connectivity index (χ4v) is 6.27. The second-order valence-electron chi connectivity index (χ2n) is 11.7.